The van der Waals surface area contributed by atoms with Crippen LogP contribution in [0.1, 0.15) is 24.2 Å². The van der Waals surface area contributed by atoms with E-state index in [0.29, 0.717) is 11.4 Å². The van der Waals surface area contributed by atoms with Crippen LogP contribution in [0, 0.1) is 0 Å². The van der Waals surface area contributed by atoms with Crippen molar-refractivity contribution in [1.29, 1.82) is 0 Å². The fraction of sp³-hybridized carbons (Fsp3) is 0.176. The fourth-order valence-electron chi connectivity index (χ4n) is 2.47. The van der Waals surface area contributed by atoms with Crippen LogP contribution >= 0.6 is 0 Å². The van der Waals surface area contributed by atoms with E-state index >= 15 is 0 Å². The topological polar surface area (TPSA) is 56.7 Å². The summed E-state index contributed by atoms with van der Waals surface area (Å²) < 4.78 is 41.3. The maximum Gasteiger partial charge on any atom is 0.433 e. The highest BCUT2D eigenvalue weighted by Gasteiger charge is 2.37. The summed E-state index contributed by atoms with van der Waals surface area (Å²) in [6, 6.07) is 12.5. The highest BCUT2D eigenvalue weighted by Crippen LogP contribution is 2.35. The number of pyridine rings is 1. The summed E-state index contributed by atoms with van der Waals surface area (Å²) in [5.74, 6) is 0.298. The van der Waals surface area contributed by atoms with Crippen molar-refractivity contribution in [1.82, 2.24) is 14.8 Å². The number of nitrogen functional groups attached to an aromatic ring is 1. The Bertz CT molecular complexity index is 823. The molecule has 7 heteroatoms. The average Bonchev–Trinajstić information content (AvgIpc) is 3.01. The zero-order chi connectivity index (χ0) is 17.3. The lowest BCUT2D eigenvalue weighted by Gasteiger charge is -2.17. The lowest BCUT2D eigenvalue weighted by atomic mass is 10.1. The first-order valence-electron chi connectivity index (χ1n) is 7.30. The van der Waals surface area contributed by atoms with Gasteiger partial charge in [0.25, 0.3) is 0 Å². The maximum atomic E-state index is 13.4. The van der Waals surface area contributed by atoms with Gasteiger partial charge in [0.1, 0.15) is 11.5 Å². The average molecular weight is 332 g/mol. The molecule has 0 spiro atoms. The van der Waals surface area contributed by atoms with Gasteiger partial charge in [-0.2, -0.15) is 18.3 Å². The summed E-state index contributed by atoms with van der Waals surface area (Å²) in [5.41, 5.74) is 6.15. The summed E-state index contributed by atoms with van der Waals surface area (Å²) >= 11 is 0. The van der Waals surface area contributed by atoms with E-state index in [-0.39, 0.29) is 5.69 Å². The van der Waals surface area contributed by atoms with E-state index in [1.54, 1.807) is 37.3 Å². The van der Waals surface area contributed by atoms with Crippen LogP contribution in [-0.2, 0) is 6.18 Å². The summed E-state index contributed by atoms with van der Waals surface area (Å²) in [4.78, 5) is 3.91. The lowest BCUT2D eigenvalue weighted by molar-refractivity contribution is -0.144. The van der Waals surface area contributed by atoms with Gasteiger partial charge in [0.2, 0.25) is 0 Å². The molecule has 1 atom stereocenters. The van der Waals surface area contributed by atoms with Crippen LogP contribution in [0.25, 0.3) is 11.3 Å². The molecule has 0 bridgehead atoms. The summed E-state index contributed by atoms with van der Waals surface area (Å²) in [5, 5.41) is 4.17. The Kier molecular flexibility index (Phi) is 4.01. The van der Waals surface area contributed by atoms with Gasteiger partial charge in [-0.1, -0.05) is 30.3 Å². The standard InChI is InChI=1S/C17H15F3N4/c1-11(12-5-3-2-4-6-12)24-15(17(18,19)20)9-14(23-24)13-7-8-16(21)22-10-13/h2-11H,1H3,(H2,21,22). The first-order chi connectivity index (χ1) is 11.4. The SMILES string of the molecule is CC(c1ccccc1)n1nc(-c2ccc(N)nc2)cc1C(F)(F)F. The van der Waals surface area contributed by atoms with E-state index in [9.17, 15) is 13.2 Å². The van der Waals surface area contributed by atoms with Gasteiger partial charge in [-0.25, -0.2) is 4.98 Å². The third kappa shape index (κ3) is 3.10. The summed E-state index contributed by atoms with van der Waals surface area (Å²) in [6.45, 7) is 1.68. The molecule has 0 aliphatic carbocycles. The first-order valence-corrected chi connectivity index (χ1v) is 7.30. The third-order valence-electron chi connectivity index (χ3n) is 3.76. The van der Waals surface area contributed by atoms with E-state index in [2.05, 4.69) is 10.1 Å². The molecule has 4 nitrogen and oxygen atoms in total. The van der Waals surface area contributed by atoms with Crippen molar-refractivity contribution < 1.29 is 13.2 Å². The second kappa shape index (κ2) is 5.99. The third-order valence-corrected chi connectivity index (χ3v) is 3.76. The Balaban J connectivity index is 2.09. The number of aromatic nitrogens is 3. The Labute approximate surface area is 136 Å². The van der Waals surface area contributed by atoms with E-state index in [1.807, 2.05) is 6.07 Å². The smallest absolute Gasteiger partial charge is 0.384 e. The maximum absolute atomic E-state index is 13.4. The Morgan fingerprint density at radius 1 is 1.08 bits per heavy atom. The van der Waals surface area contributed by atoms with Crippen molar-refractivity contribution in [3.05, 3.63) is 66.0 Å². The fourth-order valence-corrected chi connectivity index (χ4v) is 2.47. The number of hydrogen-bond donors (Lipinski definition) is 1. The van der Waals surface area contributed by atoms with Crippen LogP contribution in [0.3, 0.4) is 0 Å². The predicted molar refractivity (Wildman–Crippen MR) is 85.1 cm³/mol. The summed E-state index contributed by atoms with van der Waals surface area (Å²) in [6.07, 6.45) is -3.09. The van der Waals surface area contributed by atoms with Gasteiger partial charge in [-0.05, 0) is 30.7 Å². The monoisotopic (exact) mass is 332 g/mol. The molecule has 2 N–H and O–H groups in total. The molecule has 24 heavy (non-hydrogen) atoms. The van der Waals surface area contributed by atoms with E-state index in [0.717, 1.165) is 16.3 Å². The van der Waals surface area contributed by atoms with Crippen LogP contribution in [-0.4, -0.2) is 14.8 Å². The van der Waals surface area contributed by atoms with Crippen LogP contribution < -0.4 is 5.73 Å². The largest absolute Gasteiger partial charge is 0.433 e. The number of nitrogens with two attached hydrogens (primary N) is 1. The molecule has 0 amide bonds. The molecule has 0 radical (unpaired) electrons. The number of hydrogen-bond acceptors (Lipinski definition) is 3. The summed E-state index contributed by atoms with van der Waals surface area (Å²) in [7, 11) is 0. The Morgan fingerprint density at radius 2 is 1.79 bits per heavy atom. The molecule has 0 aliphatic rings. The van der Waals surface area contributed by atoms with E-state index in [4.69, 9.17) is 5.73 Å². The molecule has 0 fully saturated rings. The molecule has 2 heterocycles. The van der Waals surface area contributed by atoms with Crippen LogP contribution in [0.5, 0.6) is 0 Å². The minimum Gasteiger partial charge on any atom is -0.384 e. The predicted octanol–water partition coefficient (Wildman–Crippen LogP) is 4.16. The molecule has 2 aromatic heterocycles. The van der Waals surface area contributed by atoms with Crippen molar-refractivity contribution >= 4 is 5.82 Å². The first kappa shape index (κ1) is 16.0. The number of halogens is 3. The Hall–Kier alpha value is -2.83. The molecular formula is C17H15F3N4. The Morgan fingerprint density at radius 3 is 2.38 bits per heavy atom. The van der Waals surface area contributed by atoms with Crippen LogP contribution in [0.4, 0.5) is 19.0 Å². The molecule has 0 aliphatic heterocycles. The van der Waals surface area contributed by atoms with Gasteiger partial charge in [-0.3, -0.25) is 4.68 Å². The van der Waals surface area contributed by atoms with E-state index < -0.39 is 17.9 Å². The number of rotatable bonds is 3. The lowest BCUT2D eigenvalue weighted by Crippen LogP contribution is -2.18. The van der Waals surface area contributed by atoms with Gasteiger partial charge in [0, 0.05) is 11.8 Å². The van der Waals surface area contributed by atoms with Gasteiger partial charge in [-0.15, -0.1) is 0 Å². The molecular weight excluding hydrogens is 317 g/mol. The molecule has 0 saturated carbocycles. The zero-order valence-electron chi connectivity index (χ0n) is 12.8. The van der Waals surface area contributed by atoms with E-state index in [1.165, 1.54) is 12.3 Å². The van der Waals surface area contributed by atoms with Crippen molar-refractivity contribution in [2.75, 3.05) is 5.73 Å². The number of anilines is 1. The van der Waals surface area contributed by atoms with Gasteiger partial charge >= 0.3 is 6.18 Å². The van der Waals surface area contributed by atoms with Gasteiger partial charge < -0.3 is 5.73 Å². The van der Waals surface area contributed by atoms with Crippen LogP contribution in [0.2, 0.25) is 0 Å². The van der Waals surface area contributed by atoms with Crippen molar-refractivity contribution in [3.8, 4) is 11.3 Å². The second-order valence-electron chi connectivity index (χ2n) is 5.42. The molecule has 3 rings (SSSR count). The second-order valence-corrected chi connectivity index (χ2v) is 5.42. The highest BCUT2D eigenvalue weighted by molar-refractivity contribution is 5.60. The number of nitrogens with zero attached hydrogens (tertiary/aromatic N) is 3. The minimum atomic E-state index is -4.50. The number of alkyl halides is 3. The minimum absolute atomic E-state index is 0.206. The quantitative estimate of drug-likeness (QED) is 0.784. The molecule has 3 aromatic rings. The van der Waals surface area contributed by atoms with Crippen molar-refractivity contribution in [2.45, 2.75) is 19.1 Å². The van der Waals surface area contributed by atoms with Crippen molar-refractivity contribution in [2.24, 2.45) is 0 Å². The molecule has 124 valence electrons. The van der Waals surface area contributed by atoms with Gasteiger partial charge in [0.05, 0.1) is 11.7 Å². The van der Waals surface area contributed by atoms with Crippen LogP contribution in [0.15, 0.2) is 54.7 Å². The molecule has 1 unspecified atom stereocenters. The van der Waals surface area contributed by atoms with Crippen molar-refractivity contribution in [3.63, 3.8) is 0 Å². The number of benzene rings is 1. The normalized spacial score (nSPS) is 13.0. The zero-order valence-corrected chi connectivity index (χ0v) is 12.8. The molecule has 0 saturated heterocycles. The van der Waals surface area contributed by atoms with Gasteiger partial charge in [0.15, 0.2) is 0 Å². The highest BCUT2D eigenvalue weighted by atomic mass is 19.4. The molecule has 1 aromatic carbocycles.